The molecular weight excluding hydrogens is 346 g/mol. The number of aryl methyl sites for hydroxylation is 4. The second kappa shape index (κ2) is 7.53. The lowest BCUT2D eigenvalue weighted by Crippen LogP contribution is -2.22. The molecule has 0 aliphatic carbocycles. The van der Waals surface area contributed by atoms with Crippen molar-refractivity contribution in [1.29, 1.82) is 0 Å². The molecule has 0 saturated heterocycles. The Hall–Kier alpha value is -3.29. The monoisotopic (exact) mass is 367 g/mol. The van der Waals surface area contributed by atoms with Gasteiger partial charge >= 0.3 is 5.97 Å². The van der Waals surface area contributed by atoms with Gasteiger partial charge in [-0.05, 0) is 51.0 Å². The summed E-state index contributed by atoms with van der Waals surface area (Å²) in [5.74, 6) is -0.405. The van der Waals surface area contributed by atoms with Gasteiger partial charge in [-0.1, -0.05) is 6.07 Å². The van der Waals surface area contributed by atoms with Crippen molar-refractivity contribution in [3.05, 3.63) is 52.6 Å². The molecule has 0 aliphatic rings. The van der Waals surface area contributed by atoms with Crippen LogP contribution < -0.4 is 5.32 Å². The Bertz CT molecular complexity index is 1030. The predicted octanol–water partition coefficient (Wildman–Crippen LogP) is 2.08. The summed E-state index contributed by atoms with van der Waals surface area (Å²) in [5.41, 5.74) is 5.06. The van der Waals surface area contributed by atoms with E-state index in [2.05, 4.69) is 20.4 Å². The quantitative estimate of drug-likeness (QED) is 0.693. The highest BCUT2D eigenvalue weighted by molar-refractivity contribution is 5.93. The number of nitrogens with zero attached hydrogens (tertiary/aromatic N) is 4. The van der Waals surface area contributed by atoms with Crippen LogP contribution in [0.4, 0.5) is 5.69 Å². The van der Waals surface area contributed by atoms with Crippen molar-refractivity contribution in [2.45, 2.75) is 34.1 Å². The summed E-state index contributed by atoms with van der Waals surface area (Å²) < 4.78 is 6.68. The van der Waals surface area contributed by atoms with Crippen LogP contribution in [0.2, 0.25) is 0 Å². The Balaban J connectivity index is 1.59. The summed E-state index contributed by atoms with van der Waals surface area (Å²) in [6.45, 7) is 7.26. The van der Waals surface area contributed by atoms with E-state index >= 15 is 0 Å². The highest BCUT2D eigenvalue weighted by atomic mass is 16.5. The van der Waals surface area contributed by atoms with Crippen molar-refractivity contribution < 1.29 is 14.3 Å². The summed E-state index contributed by atoms with van der Waals surface area (Å²) in [6, 6.07) is 5.62. The van der Waals surface area contributed by atoms with E-state index in [1.807, 2.05) is 39.0 Å². The minimum atomic E-state index is -0.502. The molecule has 8 nitrogen and oxygen atoms in total. The third-order valence-corrected chi connectivity index (χ3v) is 4.46. The predicted molar refractivity (Wildman–Crippen MR) is 99.5 cm³/mol. The second-order valence-electron chi connectivity index (χ2n) is 6.42. The zero-order valence-corrected chi connectivity index (χ0v) is 15.7. The van der Waals surface area contributed by atoms with Gasteiger partial charge in [0, 0.05) is 22.6 Å². The molecule has 0 radical (unpaired) electrons. The topological polar surface area (TPSA) is 98.5 Å². The second-order valence-corrected chi connectivity index (χ2v) is 6.42. The van der Waals surface area contributed by atoms with Crippen LogP contribution in [0.15, 0.2) is 24.5 Å². The van der Waals surface area contributed by atoms with Crippen LogP contribution in [0.25, 0.3) is 5.78 Å². The molecule has 140 valence electrons. The van der Waals surface area contributed by atoms with Crippen molar-refractivity contribution in [1.82, 2.24) is 19.6 Å². The van der Waals surface area contributed by atoms with Gasteiger partial charge in [0.05, 0.1) is 6.42 Å². The number of aromatic nitrogens is 4. The van der Waals surface area contributed by atoms with Gasteiger partial charge in [-0.3, -0.25) is 9.59 Å². The number of rotatable bonds is 5. The first-order valence-corrected chi connectivity index (χ1v) is 8.53. The van der Waals surface area contributed by atoms with Crippen molar-refractivity contribution in [2.24, 2.45) is 0 Å². The van der Waals surface area contributed by atoms with Crippen LogP contribution in [0.1, 0.15) is 28.1 Å². The molecule has 3 aromatic rings. The molecular formula is C19H21N5O3. The first-order chi connectivity index (χ1) is 12.8. The standard InChI is InChI=1S/C19H21N5O3/c1-11-5-6-15(7-12(11)2)23-17(25)9-27-18(26)8-16-13(3)22-19-20-10-21-24(19)14(16)4/h5-7,10H,8-9H2,1-4H3,(H,23,25). The molecule has 1 N–H and O–H groups in total. The zero-order valence-electron chi connectivity index (χ0n) is 15.7. The Morgan fingerprint density at radius 2 is 1.93 bits per heavy atom. The molecule has 2 aromatic heterocycles. The van der Waals surface area contributed by atoms with Gasteiger partial charge in [0.15, 0.2) is 6.61 Å². The molecule has 3 rings (SSSR count). The number of anilines is 1. The number of carbonyl (C=O) groups is 2. The maximum atomic E-state index is 12.2. The normalized spacial score (nSPS) is 10.8. The number of fused-ring (bicyclic) bond motifs is 1. The SMILES string of the molecule is Cc1ccc(NC(=O)COC(=O)Cc2c(C)nc3ncnn3c2C)cc1C. The molecule has 1 amide bonds. The van der Waals surface area contributed by atoms with Crippen molar-refractivity contribution in [3.63, 3.8) is 0 Å². The highest BCUT2D eigenvalue weighted by Crippen LogP contribution is 2.15. The molecule has 0 fully saturated rings. The molecule has 2 heterocycles. The van der Waals surface area contributed by atoms with Crippen LogP contribution in [0, 0.1) is 27.7 Å². The van der Waals surface area contributed by atoms with E-state index in [4.69, 9.17) is 4.74 Å². The van der Waals surface area contributed by atoms with Crippen LogP contribution in [0.3, 0.4) is 0 Å². The number of esters is 1. The van der Waals surface area contributed by atoms with Crippen molar-refractivity contribution >= 4 is 23.3 Å². The average molecular weight is 367 g/mol. The number of hydrogen-bond acceptors (Lipinski definition) is 6. The molecule has 0 spiro atoms. The van der Waals surface area contributed by atoms with Crippen molar-refractivity contribution in [3.8, 4) is 0 Å². The molecule has 1 aromatic carbocycles. The van der Waals surface area contributed by atoms with Gasteiger partial charge in [-0.15, -0.1) is 0 Å². The molecule has 0 atom stereocenters. The lowest BCUT2D eigenvalue weighted by molar-refractivity contribution is -0.146. The minimum Gasteiger partial charge on any atom is -0.455 e. The van der Waals surface area contributed by atoms with E-state index in [1.165, 1.54) is 6.33 Å². The Morgan fingerprint density at radius 1 is 1.15 bits per heavy atom. The van der Waals surface area contributed by atoms with Gasteiger partial charge in [-0.25, -0.2) is 9.50 Å². The number of amides is 1. The van der Waals surface area contributed by atoms with E-state index < -0.39 is 5.97 Å². The first-order valence-electron chi connectivity index (χ1n) is 8.53. The average Bonchev–Trinajstić information content (AvgIpc) is 3.08. The van der Waals surface area contributed by atoms with Gasteiger partial charge < -0.3 is 10.1 Å². The third-order valence-electron chi connectivity index (χ3n) is 4.46. The lowest BCUT2D eigenvalue weighted by atomic mass is 10.1. The smallest absolute Gasteiger partial charge is 0.310 e. The summed E-state index contributed by atoms with van der Waals surface area (Å²) in [5, 5.41) is 6.81. The Morgan fingerprint density at radius 3 is 2.67 bits per heavy atom. The van der Waals surface area contributed by atoms with E-state index in [-0.39, 0.29) is 18.9 Å². The molecule has 8 heteroatoms. The lowest BCUT2D eigenvalue weighted by Gasteiger charge is -2.11. The molecule has 0 bridgehead atoms. The van der Waals surface area contributed by atoms with Gasteiger partial charge in [0.2, 0.25) is 0 Å². The van der Waals surface area contributed by atoms with E-state index in [1.54, 1.807) is 11.4 Å². The number of nitrogens with one attached hydrogen (secondary N) is 1. The van der Waals surface area contributed by atoms with E-state index in [9.17, 15) is 9.59 Å². The van der Waals surface area contributed by atoms with E-state index in [0.29, 0.717) is 22.7 Å². The fourth-order valence-electron chi connectivity index (χ4n) is 2.77. The molecule has 0 unspecified atom stereocenters. The summed E-state index contributed by atoms with van der Waals surface area (Å²) in [7, 11) is 0. The maximum Gasteiger partial charge on any atom is 0.310 e. The number of hydrogen-bond donors (Lipinski definition) is 1. The van der Waals surface area contributed by atoms with Crippen LogP contribution in [-0.2, 0) is 20.7 Å². The Labute approximate surface area is 156 Å². The summed E-state index contributed by atoms with van der Waals surface area (Å²) in [4.78, 5) is 32.5. The van der Waals surface area contributed by atoms with Gasteiger partial charge in [0.1, 0.15) is 6.33 Å². The maximum absolute atomic E-state index is 12.2. The molecule has 0 saturated carbocycles. The van der Waals surface area contributed by atoms with Crippen LogP contribution in [-0.4, -0.2) is 38.1 Å². The van der Waals surface area contributed by atoms with E-state index in [0.717, 1.165) is 16.8 Å². The highest BCUT2D eigenvalue weighted by Gasteiger charge is 2.16. The first kappa shape index (κ1) is 18.5. The molecule has 27 heavy (non-hydrogen) atoms. The fourth-order valence-corrected chi connectivity index (χ4v) is 2.77. The summed E-state index contributed by atoms with van der Waals surface area (Å²) >= 11 is 0. The number of carbonyl (C=O) groups excluding carboxylic acids is 2. The molecule has 0 aliphatic heterocycles. The minimum absolute atomic E-state index is 0.0113. The Kier molecular flexibility index (Phi) is 5.16. The fraction of sp³-hybridized carbons (Fsp3) is 0.316. The largest absolute Gasteiger partial charge is 0.455 e. The van der Waals surface area contributed by atoms with Crippen LogP contribution in [0.5, 0.6) is 0 Å². The zero-order chi connectivity index (χ0) is 19.6. The third kappa shape index (κ3) is 4.11. The van der Waals surface area contributed by atoms with Crippen LogP contribution >= 0.6 is 0 Å². The summed E-state index contributed by atoms with van der Waals surface area (Å²) in [6.07, 6.45) is 1.42. The number of ether oxygens (including phenoxy) is 1. The van der Waals surface area contributed by atoms with Gasteiger partial charge in [0.25, 0.3) is 11.7 Å². The van der Waals surface area contributed by atoms with Gasteiger partial charge in [-0.2, -0.15) is 10.1 Å². The number of benzene rings is 1. The van der Waals surface area contributed by atoms with Crippen molar-refractivity contribution in [2.75, 3.05) is 11.9 Å².